The Bertz CT molecular complexity index is 672. The predicted octanol–water partition coefficient (Wildman–Crippen LogP) is 4.38. The minimum absolute atomic E-state index is 0.563. The number of hydrogen-bond donors (Lipinski definition) is 1. The molecule has 0 unspecified atom stereocenters. The van der Waals surface area contributed by atoms with Crippen LogP contribution in [0.5, 0.6) is 0 Å². The van der Waals surface area contributed by atoms with Gasteiger partial charge < -0.3 is 5.32 Å². The molecule has 1 fully saturated rings. The van der Waals surface area contributed by atoms with E-state index in [9.17, 15) is 0 Å². The summed E-state index contributed by atoms with van der Waals surface area (Å²) in [6.07, 6.45) is 2.45. The smallest absolute Gasteiger partial charge is 0.134 e. The van der Waals surface area contributed by atoms with Crippen molar-refractivity contribution in [1.29, 1.82) is 0 Å². The summed E-state index contributed by atoms with van der Waals surface area (Å²) in [7, 11) is 0. The summed E-state index contributed by atoms with van der Waals surface area (Å²) in [6, 6.07) is 6.58. The Kier molecular flexibility index (Phi) is 3.66. The monoisotopic (exact) mass is 281 g/mol. The first-order valence-corrected chi connectivity index (χ1v) is 7.80. The fraction of sp³-hybridized carbons (Fsp3) is 0.444. The summed E-state index contributed by atoms with van der Waals surface area (Å²) in [6.45, 7) is 9.40. The summed E-state index contributed by atoms with van der Waals surface area (Å²) in [5.74, 6) is 2.56. The molecule has 0 atom stereocenters. The molecular formula is C18H23N3. The number of nitrogens with one attached hydrogen (secondary N) is 1. The quantitative estimate of drug-likeness (QED) is 0.903. The first-order valence-electron chi connectivity index (χ1n) is 7.80. The Balaban J connectivity index is 2.12. The largest absolute Gasteiger partial charge is 0.370 e. The summed E-state index contributed by atoms with van der Waals surface area (Å²) in [4.78, 5) is 9.60. The van der Waals surface area contributed by atoms with Crippen molar-refractivity contribution in [2.24, 2.45) is 0 Å². The van der Waals surface area contributed by atoms with Crippen LogP contribution in [-0.4, -0.2) is 16.5 Å². The van der Waals surface area contributed by atoms with Gasteiger partial charge in [0.2, 0.25) is 0 Å². The maximum Gasteiger partial charge on any atom is 0.134 e. The Hall–Kier alpha value is -1.90. The maximum absolute atomic E-state index is 4.87. The fourth-order valence-corrected chi connectivity index (χ4v) is 2.57. The zero-order valence-corrected chi connectivity index (χ0v) is 13.3. The van der Waals surface area contributed by atoms with Crippen molar-refractivity contribution in [3.05, 3.63) is 40.7 Å². The molecular weight excluding hydrogens is 258 g/mol. The van der Waals surface area contributed by atoms with Crippen molar-refractivity contribution >= 4 is 5.82 Å². The molecule has 110 valence electrons. The summed E-state index contributed by atoms with van der Waals surface area (Å²) in [5.41, 5.74) is 6.04. The van der Waals surface area contributed by atoms with Crippen molar-refractivity contribution in [2.75, 3.05) is 11.9 Å². The lowest BCUT2D eigenvalue weighted by atomic mass is 10.0. The van der Waals surface area contributed by atoms with Crippen molar-refractivity contribution < 1.29 is 0 Å². The molecule has 1 aliphatic carbocycles. The molecule has 21 heavy (non-hydrogen) atoms. The van der Waals surface area contributed by atoms with Crippen LogP contribution in [0.4, 0.5) is 5.82 Å². The van der Waals surface area contributed by atoms with Gasteiger partial charge in [-0.25, -0.2) is 9.97 Å². The molecule has 3 heteroatoms. The minimum Gasteiger partial charge on any atom is -0.370 e. The highest BCUT2D eigenvalue weighted by Crippen LogP contribution is 2.40. The average Bonchev–Trinajstić information content (AvgIpc) is 3.29. The van der Waals surface area contributed by atoms with Gasteiger partial charge in [-0.15, -0.1) is 0 Å². The SMILES string of the molecule is CCNc1nc(C2CC2)nc(-c2ccc(C)c(C)c2)c1C. The van der Waals surface area contributed by atoms with Crippen LogP contribution < -0.4 is 5.32 Å². The number of aromatic nitrogens is 2. The van der Waals surface area contributed by atoms with Gasteiger partial charge in [0, 0.05) is 23.6 Å². The van der Waals surface area contributed by atoms with Crippen LogP contribution in [0.1, 0.15) is 48.2 Å². The molecule has 0 spiro atoms. The van der Waals surface area contributed by atoms with Gasteiger partial charge in [-0.3, -0.25) is 0 Å². The van der Waals surface area contributed by atoms with Crippen molar-refractivity contribution in [1.82, 2.24) is 9.97 Å². The average molecular weight is 281 g/mol. The van der Waals surface area contributed by atoms with Crippen LogP contribution in [0.15, 0.2) is 18.2 Å². The van der Waals surface area contributed by atoms with Crippen LogP contribution in [0, 0.1) is 20.8 Å². The lowest BCUT2D eigenvalue weighted by Crippen LogP contribution is -2.07. The van der Waals surface area contributed by atoms with Gasteiger partial charge in [0.25, 0.3) is 0 Å². The molecule has 1 saturated carbocycles. The standard InChI is InChI=1S/C18H23N3/c1-5-19-17-13(4)16(20-18(21-17)14-8-9-14)15-7-6-11(2)12(3)10-15/h6-7,10,14H,5,8-9H2,1-4H3,(H,19,20,21). The molecule has 0 radical (unpaired) electrons. The summed E-state index contributed by atoms with van der Waals surface area (Å²) < 4.78 is 0. The van der Waals surface area contributed by atoms with E-state index in [0.29, 0.717) is 5.92 Å². The van der Waals surface area contributed by atoms with Crippen LogP contribution in [-0.2, 0) is 0 Å². The number of hydrogen-bond acceptors (Lipinski definition) is 3. The molecule has 1 heterocycles. The molecule has 3 nitrogen and oxygen atoms in total. The van der Waals surface area contributed by atoms with E-state index in [1.54, 1.807) is 0 Å². The normalized spacial score (nSPS) is 14.3. The molecule has 1 aromatic carbocycles. The highest BCUT2D eigenvalue weighted by Gasteiger charge is 2.28. The molecule has 2 aromatic rings. The van der Waals surface area contributed by atoms with Crippen LogP contribution in [0.25, 0.3) is 11.3 Å². The second-order valence-corrected chi connectivity index (χ2v) is 6.01. The zero-order valence-electron chi connectivity index (χ0n) is 13.3. The van der Waals surface area contributed by atoms with E-state index in [4.69, 9.17) is 9.97 Å². The maximum atomic E-state index is 4.87. The van der Waals surface area contributed by atoms with Crippen molar-refractivity contribution in [3.8, 4) is 11.3 Å². The van der Waals surface area contributed by atoms with Gasteiger partial charge in [0.1, 0.15) is 11.6 Å². The van der Waals surface area contributed by atoms with Gasteiger partial charge in [-0.2, -0.15) is 0 Å². The number of benzene rings is 1. The molecule has 0 saturated heterocycles. The number of anilines is 1. The van der Waals surface area contributed by atoms with Gasteiger partial charge in [0.15, 0.2) is 0 Å². The highest BCUT2D eigenvalue weighted by atomic mass is 15.0. The van der Waals surface area contributed by atoms with Crippen molar-refractivity contribution in [2.45, 2.75) is 46.5 Å². The number of aryl methyl sites for hydroxylation is 2. The Morgan fingerprint density at radius 2 is 1.86 bits per heavy atom. The van der Waals surface area contributed by atoms with E-state index in [1.807, 2.05) is 0 Å². The van der Waals surface area contributed by atoms with E-state index in [1.165, 1.54) is 29.5 Å². The Morgan fingerprint density at radius 1 is 1.10 bits per heavy atom. The lowest BCUT2D eigenvalue weighted by molar-refractivity contribution is 0.918. The van der Waals surface area contributed by atoms with Crippen LogP contribution in [0.3, 0.4) is 0 Å². The highest BCUT2D eigenvalue weighted by molar-refractivity contribution is 5.69. The number of nitrogens with zero attached hydrogens (tertiary/aromatic N) is 2. The van der Waals surface area contributed by atoms with Crippen LogP contribution in [0.2, 0.25) is 0 Å². The lowest BCUT2D eigenvalue weighted by Gasteiger charge is -2.14. The van der Waals surface area contributed by atoms with E-state index in [0.717, 1.165) is 29.4 Å². The second-order valence-electron chi connectivity index (χ2n) is 6.01. The minimum atomic E-state index is 0.563. The van der Waals surface area contributed by atoms with E-state index in [2.05, 4.69) is 51.2 Å². The third-order valence-corrected chi connectivity index (χ3v) is 4.23. The number of rotatable bonds is 4. The topological polar surface area (TPSA) is 37.8 Å². The zero-order chi connectivity index (χ0) is 15.0. The van der Waals surface area contributed by atoms with Gasteiger partial charge in [0.05, 0.1) is 5.69 Å². The van der Waals surface area contributed by atoms with E-state index >= 15 is 0 Å². The molecule has 1 N–H and O–H groups in total. The first kappa shape index (κ1) is 14.1. The third-order valence-electron chi connectivity index (χ3n) is 4.23. The Morgan fingerprint density at radius 3 is 2.48 bits per heavy atom. The van der Waals surface area contributed by atoms with Gasteiger partial charge in [-0.1, -0.05) is 12.1 Å². The molecule has 1 aliphatic rings. The third kappa shape index (κ3) is 2.78. The first-order chi connectivity index (χ1) is 10.1. The summed E-state index contributed by atoms with van der Waals surface area (Å²) in [5, 5.41) is 3.38. The van der Waals surface area contributed by atoms with E-state index in [-0.39, 0.29) is 0 Å². The molecule has 3 rings (SSSR count). The molecule has 1 aromatic heterocycles. The van der Waals surface area contributed by atoms with Crippen molar-refractivity contribution in [3.63, 3.8) is 0 Å². The fourth-order valence-electron chi connectivity index (χ4n) is 2.57. The second kappa shape index (κ2) is 5.47. The molecule has 0 amide bonds. The van der Waals surface area contributed by atoms with Gasteiger partial charge in [-0.05, 0) is 57.7 Å². The van der Waals surface area contributed by atoms with Crippen LogP contribution >= 0.6 is 0 Å². The Labute approximate surface area is 126 Å². The predicted molar refractivity (Wildman–Crippen MR) is 87.8 cm³/mol. The van der Waals surface area contributed by atoms with E-state index < -0.39 is 0 Å². The molecule has 0 bridgehead atoms. The van der Waals surface area contributed by atoms with Gasteiger partial charge >= 0.3 is 0 Å². The molecule has 0 aliphatic heterocycles. The summed E-state index contributed by atoms with van der Waals surface area (Å²) >= 11 is 0.